The Kier molecular flexibility index (Phi) is 6.70. The minimum Gasteiger partial charge on any atom is -0.453 e. The Bertz CT molecular complexity index is 2650. The maximum absolute atomic E-state index is 6.62. The van der Waals surface area contributed by atoms with E-state index in [1.807, 2.05) is 78.9 Å². The Hall–Kier alpha value is -7.05. The van der Waals surface area contributed by atoms with Gasteiger partial charge in [-0.1, -0.05) is 109 Å². The smallest absolute Gasteiger partial charge is 0.164 e. The third kappa shape index (κ3) is 4.84. The molecule has 240 valence electrons. The van der Waals surface area contributed by atoms with Crippen LogP contribution in [0, 0.1) is 0 Å². The van der Waals surface area contributed by atoms with Crippen LogP contribution in [0.3, 0.4) is 0 Å². The van der Waals surface area contributed by atoms with E-state index in [4.69, 9.17) is 19.7 Å². The number of hydrogen-bond acceptors (Lipinski definition) is 5. The quantitative estimate of drug-likeness (QED) is 0.185. The molecule has 0 radical (unpaired) electrons. The molecule has 0 bridgehead atoms. The molecule has 9 aromatic rings. The summed E-state index contributed by atoms with van der Waals surface area (Å²) in [6.45, 7) is 0. The summed E-state index contributed by atoms with van der Waals surface area (Å²) in [7, 11) is 0. The van der Waals surface area contributed by atoms with Gasteiger partial charge in [0, 0.05) is 38.8 Å². The first-order valence-corrected chi connectivity index (χ1v) is 17.0. The number of rotatable bonds is 5. The van der Waals surface area contributed by atoms with Crippen molar-refractivity contribution in [3.8, 4) is 51.3 Å². The molecule has 0 fully saturated rings. The van der Waals surface area contributed by atoms with E-state index in [1.165, 1.54) is 5.39 Å². The van der Waals surface area contributed by atoms with Gasteiger partial charge in [-0.05, 0) is 66.7 Å². The van der Waals surface area contributed by atoms with Crippen LogP contribution in [0.4, 0.5) is 17.1 Å². The molecule has 10 rings (SSSR count). The zero-order chi connectivity index (χ0) is 33.7. The first-order chi connectivity index (χ1) is 25.3. The first-order valence-electron chi connectivity index (χ1n) is 17.0. The Balaban J connectivity index is 1.17. The SMILES string of the molecule is c1ccc(-c2nc(-c3ccccc3)nc(-c3ccc(-n4c5ccccc5c5ccc6c(c54)N(c4ccccc4)c4ccccc4O6)cc3)n2)cc1. The summed E-state index contributed by atoms with van der Waals surface area (Å²) in [5.74, 6) is 3.52. The highest BCUT2D eigenvalue weighted by molar-refractivity contribution is 6.16. The van der Waals surface area contributed by atoms with Gasteiger partial charge in [0.25, 0.3) is 0 Å². The molecular formula is C45H29N5O. The van der Waals surface area contributed by atoms with Crippen molar-refractivity contribution in [2.75, 3.05) is 4.90 Å². The summed E-state index contributed by atoms with van der Waals surface area (Å²) >= 11 is 0. The maximum atomic E-state index is 6.62. The van der Waals surface area contributed by atoms with Gasteiger partial charge < -0.3 is 14.2 Å². The molecule has 0 atom stereocenters. The Morgan fingerprint density at radius 2 is 0.941 bits per heavy atom. The molecular weight excluding hydrogens is 627 g/mol. The molecule has 3 heterocycles. The second-order valence-corrected chi connectivity index (χ2v) is 12.5. The fraction of sp³-hybridized carbons (Fsp3) is 0. The van der Waals surface area contributed by atoms with Crippen molar-refractivity contribution in [1.29, 1.82) is 0 Å². The zero-order valence-corrected chi connectivity index (χ0v) is 27.4. The summed E-state index contributed by atoms with van der Waals surface area (Å²) in [4.78, 5) is 17.1. The van der Waals surface area contributed by atoms with Gasteiger partial charge in [-0.25, -0.2) is 15.0 Å². The van der Waals surface area contributed by atoms with Crippen LogP contribution in [0.5, 0.6) is 11.5 Å². The molecule has 0 aliphatic carbocycles. The predicted molar refractivity (Wildman–Crippen MR) is 205 cm³/mol. The number of fused-ring (bicyclic) bond motifs is 6. The number of aromatic nitrogens is 4. The molecule has 6 nitrogen and oxygen atoms in total. The van der Waals surface area contributed by atoms with E-state index in [1.54, 1.807) is 0 Å². The van der Waals surface area contributed by atoms with Crippen molar-refractivity contribution >= 4 is 38.9 Å². The fourth-order valence-corrected chi connectivity index (χ4v) is 7.10. The van der Waals surface area contributed by atoms with Crippen molar-refractivity contribution in [2.45, 2.75) is 0 Å². The van der Waals surface area contributed by atoms with Crippen molar-refractivity contribution in [3.63, 3.8) is 0 Å². The molecule has 51 heavy (non-hydrogen) atoms. The number of hydrogen-bond donors (Lipinski definition) is 0. The molecule has 0 saturated carbocycles. The topological polar surface area (TPSA) is 56.1 Å². The lowest BCUT2D eigenvalue weighted by Crippen LogP contribution is -2.17. The maximum Gasteiger partial charge on any atom is 0.164 e. The van der Waals surface area contributed by atoms with E-state index in [9.17, 15) is 0 Å². The predicted octanol–water partition coefficient (Wildman–Crippen LogP) is 11.5. The van der Waals surface area contributed by atoms with Crippen LogP contribution in [0.25, 0.3) is 61.7 Å². The monoisotopic (exact) mass is 655 g/mol. The van der Waals surface area contributed by atoms with Crippen LogP contribution < -0.4 is 9.64 Å². The van der Waals surface area contributed by atoms with Gasteiger partial charge in [0.1, 0.15) is 5.69 Å². The van der Waals surface area contributed by atoms with Gasteiger partial charge >= 0.3 is 0 Å². The summed E-state index contributed by atoms with van der Waals surface area (Å²) < 4.78 is 8.96. The number of nitrogens with zero attached hydrogens (tertiary/aromatic N) is 5. The van der Waals surface area contributed by atoms with Gasteiger partial charge in [-0.2, -0.15) is 0 Å². The molecule has 0 amide bonds. The van der Waals surface area contributed by atoms with E-state index in [0.717, 1.165) is 67.4 Å². The van der Waals surface area contributed by atoms with Crippen molar-refractivity contribution in [3.05, 3.63) is 176 Å². The van der Waals surface area contributed by atoms with Crippen LogP contribution in [-0.2, 0) is 0 Å². The molecule has 0 spiro atoms. The third-order valence-corrected chi connectivity index (χ3v) is 9.42. The molecule has 6 heteroatoms. The lowest BCUT2D eigenvalue weighted by atomic mass is 10.1. The normalized spacial score (nSPS) is 12.0. The highest BCUT2D eigenvalue weighted by atomic mass is 16.5. The van der Waals surface area contributed by atoms with Gasteiger partial charge in [-0.15, -0.1) is 0 Å². The van der Waals surface area contributed by atoms with Gasteiger partial charge in [0.15, 0.2) is 29.0 Å². The van der Waals surface area contributed by atoms with Crippen LogP contribution in [-0.4, -0.2) is 19.5 Å². The second-order valence-electron chi connectivity index (χ2n) is 12.5. The average molecular weight is 656 g/mol. The molecule has 0 saturated heterocycles. The Labute approximate surface area is 294 Å². The van der Waals surface area contributed by atoms with Crippen molar-refractivity contribution in [2.24, 2.45) is 0 Å². The van der Waals surface area contributed by atoms with E-state index in [2.05, 4.69) is 107 Å². The molecule has 7 aromatic carbocycles. The summed E-state index contributed by atoms with van der Waals surface area (Å²) in [5.41, 5.74) is 9.04. The molecule has 0 N–H and O–H groups in total. The minimum atomic E-state index is 0.620. The summed E-state index contributed by atoms with van der Waals surface area (Å²) in [5, 5.41) is 2.32. The van der Waals surface area contributed by atoms with Crippen LogP contribution in [0.1, 0.15) is 0 Å². The van der Waals surface area contributed by atoms with E-state index in [0.29, 0.717) is 17.5 Å². The van der Waals surface area contributed by atoms with Crippen LogP contribution >= 0.6 is 0 Å². The Morgan fingerprint density at radius 3 is 1.61 bits per heavy atom. The molecule has 2 aromatic heterocycles. The highest BCUT2D eigenvalue weighted by Gasteiger charge is 2.30. The minimum absolute atomic E-state index is 0.620. The third-order valence-electron chi connectivity index (χ3n) is 9.42. The van der Waals surface area contributed by atoms with Crippen molar-refractivity contribution in [1.82, 2.24) is 19.5 Å². The van der Waals surface area contributed by atoms with Gasteiger partial charge in [-0.3, -0.25) is 0 Å². The standard InChI is InChI=1S/C45H29N5O/c1-4-14-30(15-5-1)43-46-44(31-16-6-2-7-17-31)48-45(47-43)32-24-26-34(27-25-32)49-37-21-11-10-20-35(37)36-28-29-40-42(41(36)49)50(33-18-8-3-9-19-33)38-22-12-13-23-39(38)51-40/h1-29H. The lowest BCUT2D eigenvalue weighted by Gasteiger charge is -2.33. The number of benzene rings is 7. The fourth-order valence-electron chi connectivity index (χ4n) is 7.10. The zero-order valence-electron chi connectivity index (χ0n) is 27.4. The van der Waals surface area contributed by atoms with Crippen LogP contribution in [0.15, 0.2) is 176 Å². The largest absolute Gasteiger partial charge is 0.453 e. The van der Waals surface area contributed by atoms with E-state index < -0.39 is 0 Å². The molecule has 0 unspecified atom stereocenters. The number of ether oxygens (including phenoxy) is 1. The number of para-hydroxylation sites is 4. The van der Waals surface area contributed by atoms with Gasteiger partial charge in [0.05, 0.1) is 16.7 Å². The first kappa shape index (κ1) is 28.9. The summed E-state index contributed by atoms with van der Waals surface area (Å²) in [6.07, 6.45) is 0. The van der Waals surface area contributed by atoms with Crippen LogP contribution in [0.2, 0.25) is 0 Å². The number of anilines is 3. The highest BCUT2D eigenvalue weighted by Crippen LogP contribution is 2.54. The Morgan fingerprint density at radius 1 is 0.392 bits per heavy atom. The summed E-state index contributed by atoms with van der Waals surface area (Å²) in [6, 6.07) is 60.2. The second kappa shape index (κ2) is 11.8. The average Bonchev–Trinajstić information content (AvgIpc) is 3.55. The van der Waals surface area contributed by atoms with E-state index in [-0.39, 0.29) is 0 Å². The molecule has 1 aliphatic rings. The lowest BCUT2D eigenvalue weighted by molar-refractivity contribution is 0.477. The molecule has 1 aliphatic heterocycles. The van der Waals surface area contributed by atoms with Crippen molar-refractivity contribution < 1.29 is 4.74 Å². The van der Waals surface area contributed by atoms with Gasteiger partial charge in [0.2, 0.25) is 0 Å². The van der Waals surface area contributed by atoms with E-state index >= 15 is 0 Å².